The molecule has 2 aliphatic rings. The molecule has 110 valence electrons. The number of benzene rings is 2. The molecular formula is C17H12O5. The van der Waals surface area contributed by atoms with Gasteiger partial charge in [0.25, 0.3) is 0 Å². The third kappa shape index (κ3) is 1.65. The molecule has 2 atom stereocenters. The van der Waals surface area contributed by atoms with E-state index in [1.54, 1.807) is 36.4 Å². The van der Waals surface area contributed by atoms with Crippen LogP contribution in [0.4, 0.5) is 0 Å². The van der Waals surface area contributed by atoms with Crippen LogP contribution >= 0.6 is 0 Å². The molecule has 0 fully saturated rings. The molecule has 0 spiro atoms. The van der Waals surface area contributed by atoms with Gasteiger partial charge >= 0.3 is 5.97 Å². The van der Waals surface area contributed by atoms with Crippen molar-refractivity contribution in [2.24, 2.45) is 5.92 Å². The molecule has 2 unspecified atom stereocenters. The number of fused-ring (bicyclic) bond motifs is 4. The van der Waals surface area contributed by atoms with Crippen LogP contribution in [0.2, 0.25) is 0 Å². The molecule has 2 aromatic carbocycles. The quantitative estimate of drug-likeness (QED) is 0.460. The lowest BCUT2D eigenvalue weighted by Crippen LogP contribution is -2.42. The van der Waals surface area contributed by atoms with Crippen molar-refractivity contribution in [3.05, 3.63) is 53.6 Å². The summed E-state index contributed by atoms with van der Waals surface area (Å²) >= 11 is 0. The van der Waals surface area contributed by atoms with Crippen LogP contribution in [0.5, 0.6) is 17.2 Å². The average molecular weight is 296 g/mol. The van der Waals surface area contributed by atoms with Crippen LogP contribution in [0, 0.1) is 5.92 Å². The van der Waals surface area contributed by atoms with Crippen molar-refractivity contribution in [3.8, 4) is 17.2 Å². The largest absolute Gasteiger partial charge is 0.493 e. The smallest absolute Gasteiger partial charge is 0.326 e. The van der Waals surface area contributed by atoms with Gasteiger partial charge in [0.2, 0.25) is 0 Å². The fourth-order valence-electron chi connectivity index (χ4n) is 2.95. The number of hydrogen-bond donors (Lipinski definition) is 0. The number of carbonyl (C=O) groups excluding carboxylic acids is 2. The van der Waals surface area contributed by atoms with Gasteiger partial charge in [-0.1, -0.05) is 24.3 Å². The van der Waals surface area contributed by atoms with Gasteiger partial charge in [-0.3, -0.25) is 9.59 Å². The van der Waals surface area contributed by atoms with Crippen molar-refractivity contribution in [1.29, 1.82) is 0 Å². The molecule has 0 saturated heterocycles. The van der Waals surface area contributed by atoms with Gasteiger partial charge in [0.05, 0.1) is 12.7 Å². The van der Waals surface area contributed by atoms with E-state index >= 15 is 0 Å². The fraction of sp³-hybridized carbons (Fsp3) is 0.176. The van der Waals surface area contributed by atoms with Gasteiger partial charge in [-0.25, -0.2) is 0 Å². The summed E-state index contributed by atoms with van der Waals surface area (Å²) in [6.45, 7) is 0. The average Bonchev–Trinajstić information content (AvgIpc) is 2.54. The van der Waals surface area contributed by atoms with Gasteiger partial charge < -0.3 is 14.2 Å². The first kappa shape index (κ1) is 12.9. The molecule has 0 bridgehead atoms. The highest BCUT2D eigenvalue weighted by atomic mass is 16.6. The zero-order valence-corrected chi connectivity index (χ0v) is 11.7. The van der Waals surface area contributed by atoms with Crippen molar-refractivity contribution >= 4 is 11.8 Å². The van der Waals surface area contributed by atoms with Crippen LogP contribution in [-0.2, 0) is 4.79 Å². The molecule has 0 aliphatic carbocycles. The second-order valence-electron chi connectivity index (χ2n) is 5.18. The number of para-hydroxylation sites is 2. The molecule has 5 heteroatoms. The normalized spacial score (nSPS) is 21.9. The molecule has 0 saturated carbocycles. The molecular weight excluding hydrogens is 284 g/mol. The van der Waals surface area contributed by atoms with Crippen LogP contribution in [0.25, 0.3) is 0 Å². The van der Waals surface area contributed by atoms with E-state index in [0.29, 0.717) is 28.4 Å². The lowest BCUT2D eigenvalue weighted by molar-refractivity contribution is -0.142. The van der Waals surface area contributed by atoms with Gasteiger partial charge in [0.1, 0.15) is 11.9 Å². The number of ketones is 1. The minimum absolute atomic E-state index is 0.301. The van der Waals surface area contributed by atoms with Crippen molar-refractivity contribution in [1.82, 2.24) is 0 Å². The number of carbonyl (C=O) groups is 2. The Morgan fingerprint density at radius 2 is 1.86 bits per heavy atom. The van der Waals surface area contributed by atoms with Crippen LogP contribution < -0.4 is 14.2 Å². The first-order chi connectivity index (χ1) is 10.7. The predicted octanol–water partition coefficient (Wildman–Crippen LogP) is 2.55. The van der Waals surface area contributed by atoms with Crippen molar-refractivity contribution in [3.63, 3.8) is 0 Å². The predicted molar refractivity (Wildman–Crippen MR) is 76.3 cm³/mol. The van der Waals surface area contributed by atoms with Crippen LogP contribution in [0.15, 0.2) is 42.5 Å². The van der Waals surface area contributed by atoms with E-state index in [2.05, 4.69) is 0 Å². The lowest BCUT2D eigenvalue weighted by Gasteiger charge is -2.35. The molecule has 0 aromatic heterocycles. The van der Waals surface area contributed by atoms with Crippen LogP contribution in [0.1, 0.15) is 22.0 Å². The van der Waals surface area contributed by atoms with E-state index in [1.807, 2.05) is 6.07 Å². The standard InChI is InChI=1S/C17H12O5/c1-20-12-8-4-6-10-14(18)13-16(22-15(10)12)9-5-2-3-7-11(9)21-17(13)19/h2-8,13,16H,1H3. The summed E-state index contributed by atoms with van der Waals surface area (Å²) in [4.78, 5) is 24.9. The van der Waals surface area contributed by atoms with E-state index < -0.39 is 18.0 Å². The molecule has 22 heavy (non-hydrogen) atoms. The summed E-state index contributed by atoms with van der Waals surface area (Å²) in [6, 6.07) is 12.1. The molecule has 5 nitrogen and oxygen atoms in total. The highest BCUT2D eigenvalue weighted by Gasteiger charge is 2.48. The first-order valence-corrected chi connectivity index (χ1v) is 6.89. The monoisotopic (exact) mass is 296 g/mol. The molecule has 0 amide bonds. The number of methoxy groups -OCH3 is 1. The highest BCUT2D eigenvalue weighted by Crippen LogP contribution is 2.47. The van der Waals surface area contributed by atoms with Crippen LogP contribution in [0.3, 0.4) is 0 Å². The third-order valence-corrected chi connectivity index (χ3v) is 3.98. The van der Waals surface area contributed by atoms with Crippen LogP contribution in [-0.4, -0.2) is 18.9 Å². The van der Waals surface area contributed by atoms with Gasteiger partial charge in [-0.2, -0.15) is 0 Å². The number of Topliss-reactive ketones (excluding diaryl/α,β-unsaturated/α-hetero) is 1. The maximum atomic E-state index is 12.7. The molecule has 0 radical (unpaired) electrons. The maximum Gasteiger partial charge on any atom is 0.326 e. The Bertz CT molecular complexity index is 795. The van der Waals surface area contributed by atoms with Gasteiger partial charge in [-0.05, 0) is 18.2 Å². The number of hydrogen-bond acceptors (Lipinski definition) is 5. The molecule has 4 rings (SSSR count). The second kappa shape index (κ2) is 4.59. The Morgan fingerprint density at radius 1 is 1.05 bits per heavy atom. The maximum absolute atomic E-state index is 12.7. The van der Waals surface area contributed by atoms with E-state index in [4.69, 9.17) is 14.2 Å². The zero-order valence-electron chi connectivity index (χ0n) is 11.7. The Morgan fingerprint density at radius 3 is 2.68 bits per heavy atom. The first-order valence-electron chi connectivity index (χ1n) is 6.89. The summed E-state index contributed by atoms with van der Waals surface area (Å²) in [7, 11) is 1.51. The summed E-state index contributed by atoms with van der Waals surface area (Å²) in [6.07, 6.45) is -0.686. The number of ether oxygens (including phenoxy) is 3. The van der Waals surface area contributed by atoms with Crippen molar-refractivity contribution < 1.29 is 23.8 Å². The van der Waals surface area contributed by atoms with E-state index in [-0.39, 0.29) is 5.78 Å². The molecule has 0 N–H and O–H groups in total. The number of esters is 1. The summed E-state index contributed by atoms with van der Waals surface area (Å²) in [5, 5.41) is 0. The van der Waals surface area contributed by atoms with Crippen molar-refractivity contribution in [2.75, 3.05) is 7.11 Å². The molecule has 2 aliphatic heterocycles. The second-order valence-corrected chi connectivity index (χ2v) is 5.18. The highest BCUT2D eigenvalue weighted by molar-refractivity contribution is 6.13. The fourth-order valence-corrected chi connectivity index (χ4v) is 2.95. The minimum Gasteiger partial charge on any atom is -0.493 e. The Balaban J connectivity index is 1.91. The summed E-state index contributed by atoms with van der Waals surface area (Å²) < 4.78 is 16.5. The lowest BCUT2D eigenvalue weighted by atomic mass is 9.84. The van der Waals surface area contributed by atoms with Crippen molar-refractivity contribution in [2.45, 2.75) is 6.10 Å². The zero-order chi connectivity index (χ0) is 15.3. The topological polar surface area (TPSA) is 61.8 Å². The van der Waals surface area contributed by atoms with E-state index in [0.717, 1.165) is 0 Å². The Hall–Kier alpha value is -2.82. The minimum atomic E-state index is -0.977. The number of rotatable bonds is 1. The van der Waals surface area contributed by atoms with E-state index in [9.17, 15) is 9.59 Å². The summed E-state index contributed by atoms with van der Waals surface area (Å²) in [5.41, 5.74) is 1.04. The van der Waals surface area contributed by atoms with Gasteiger partial charge in [0.15, 0.2) is 23.2 Å². The molecule has 2 heterocycles. The van der Waals surface area contributed by atoms with Gasteiger partial charge in [-0.15, -0.1) is 0 Å². The summed E-state index contributed by atoms with van der Waals surface area (Å²) in [5.74, 6) is -0.581. The Kier molecular flexibility index (Phi) is 2.69. The third-order valence-electron chi connectivity index (χ3n) is 3.98. The SMILES string of the molecule is COc1cccc2c1OC1c3ccccc3OC(=O)C1C2=O. The Labute approximate surface area is 126 Å². The van der Waals surface area contributed by atoms with E-state index in [1.165, 1.54) is 7.11 Å². The molecule has 2 aromatic rings. The van der Waals surface area contributed by atoms with Gasteiger partial charge in [0, 0.05) is 5.56 Å².